The maximum Gasteiger partial charge on any atom is 0.155 e. The quantitative estimate of drug-likeness (QED) is 0.840. The molecule has 4 heteroatoms. The van der Waals surface area contributed by atoms with Crippen LogP contribution in [0.4, 0.5) is 0 Å². The van der Waals surface area contributed by atoms with Gasteiger partial charge in [0.2, 0.25) is 0 Å². The van der Waals surface area contributed by atoms with Crippen LogP contribution in [-0.4, -0.2) is 18.7 Å². The largest absolute Gasteiger partial charge is 0.347 e. The predicted octanol–water partition coefficient (Wildman–Crippen LogP) is 2.42. The second kappa shape index (κ2) is 4.18. The lowest BCUT2D eigenvalue weighted by molar-refractivity contribution is 0.595. The van der Waals surface area contributed by atoms with Gasteiger partial charge in [0.1, 0.15) is 0 Å². The lowest BCUT2D eigenvalue weighted by Gasteiger charge is -2.04. The molecule has 0 radical (unpaired) electrons. The molecule has 1 aromatic heterocycles. The van der Waals surface area contributed by atoms with E-state index >= 15 is 0 Å². The highest BCUT2D eigenvalue weighted by Crippen LogP contribution is 2.23. The van der Waals surface area contributed by atoms with Crippen molar-refractivity contribution in [2.75, 3.05) is 5.75 Å². The summed E-state index contributed by atoms with van der Waals surface area (Å²) in [5, 5.41) is 1.14. The van der Waals surface area contributed by atoms with E-state index in [0.717, 1.165) is 16.6 Å². The topological polar surface area (TPSA) is 39.1 Å². The molecule has 2 rings (SSSR count). The zero-order valence-electron chi connectivity index (χ0n) is 10.4. The molecule has 0 atom stereocenters. The number of aromatic nitrogens is 1. The van der Waals surface area contributed by atoms with Crippen molar-refractivity contribution in [2.24, 2.45) is 7.05 Å². The zero-order chi connectivity index (χ0) is 12.6. The summed E-state index contributed by atoms with van der Waals surface area (Å²) in [7, 11) is -1.06. The third-order valence-electron chi connectivity index (χ3n) is 3.21. The fraction of sp³-hybridized carbons (Fsp3) is 0.385. The van der Waals surface area contributed by atoms with Crippen LogP contribution in [0.3, 0.4) is 0 Å². The molecule has 3 nitrogen and oxygen atoms in total. The third kappa shape index (κ3) is 2.22. The minimum absolute atomic E-state index is 0.119. The Morgan fingerprint density at radius 3 is 2.59 bits per heavy atom. The number of aryl methyl sites for hydroxylation is 2. The van der Waals surface area contributed by atoms with E-state index in [2.05, 4.69) is 0 Å². The molecule has 0 spiro atoms. The summed E-state index contributed by atoms with van der Waals surface area (Å²) in [5.41, 5.74) is 3.13. The molecule has 0 saturated heterocycles. The molecule has 0 fully saturated rings. The highest BCUT2D eigenvalue weighted by atomic mass is 32.2. The summed E-state index contributed by atoms with van der Waals surface area (Å²) in [5.74, 6) is 0.307. The van der Waals surface area contributed by atoms with Crippen molar-refractivity contribution < 1.29 is 8.42 Å². The fourth-order valence-electron chi connectivity index (χ4n) is 2.03. The summed E-state index contributed by atoms with van der Waals surface area (Å²) in [6, 6.07) is 8.04. The van der Waals surface area contributed by atoms with Gasteiger partial charge in [-0.25, -0.2) is 8.42 Å². The van der Waals surface area contributed by atoms with Crippen molar-refractivity contribution in [1.29, 1.82) is 0 Å². The van der Waals surface area contributed by atoms with Crippen LogP contribution in [0, 0.1) is 6.92 Å². The van der Waals surface area contributed by atoms with Gasteiger partial charge >= 0.3 is 0 Å². The van der Waals surface area contributed by atoms with Gasteiger partial charge in [-0.05, 0) is 24.6 Å². The first-order valence-electron chi connectivity index (χ1n) is 5.69. The van der Waals surface area contributed by atoms with Gasteiger partial charge in [-0.2, -0.15) is 0 Å². The van der Waals surface area contributed by atoms with Gasteiger partial charge in [0.15, 0.2) is 9.84 Å². The Kier molecular flexibility index (Phi) is 3.00. The van der Waals surface area contributed by atoms with E-state index in [-0.39, 0.29) is 11.5 Å². The summed E-state index contributed by atoms with van der Waals surface area (Å²) >= 11 is 0. The van der Waals surface area contributed by atoms with E-state index in [1.165, 1.54) is 5.56 Å². The normalized spacial score (nSPS) is 12.2. The highest BCUT2D eigenvalue weighted by Gasteiger charge is 2.14. The van der Waals surface area contributed by atoms with E-state index in [0.29, 0.717) is 0 Å². The molecule has 1 heterocycles. The molecule has 0 bridgehead atoms. The zero-order valence-corrected chi connectivity index (χ0v) is 11.2. The van der Waals surface area contributed by atoms with E-state index in [9.17, 15) is 8.42 Å². The second-order valence-corrected chi connectivity index (χ2v) is 6.73. The van der Waals surface area contributed by atoms with E-state index < -0.39 is 9.84 Å². The molecular formula is C13H17NO2S. The molecule has 0 aliphatic rings. The summed E-state index contributed by atoms with van der Waals surface area (Å²) < 4.78 is 25.3. The lowest BCUT2D eigenvalue weighted by atomic mass is 10.1. The third-order valence-corrected chi connectivity index (χ3v) is 4.83. The van der Waals surface area contributed by atoms with Crippen molar-refractivity contribution in [3.63, 3.8) is 0 Å². The Labute approximate surface area is 102 Å². The van der Waals surface area contributed by atoms with Crippen LogP contribution in [0.1, 0.15) is 18.2 Å². The lowest BCUT2D eigenvalue weighted by Crippen LogP contribution is -2.09. The average Bonchev–Trinajstić information content (AvgIpc) is 2.58. The number of hydrogen-bond donors (Lipinski definition) is 0. The Bertz CT molecular complexity index is 653. The van der Waals surface area contributed by atoms with Crippen molar-refractivity contribution in [2.45, 2.75) is 19.6 Å². The smallest absolute Gasteiger partial charge is 0.155 e. The SMILES string of the molecule is CCS(=O)(=O)Cc1cc2c(C)cccc2n1C. The Hall–Kier alpha value is -1.29. The van der Waals surface area contributed by atoms with Crippen LogP contribution in [0.25, 0.3) is 10.9 Å². The van der Waals surface area contributed by atoms with Crippen LogP contribution in [0.5, 0.6) is 0 Å². The Morgan fingerprint density at radius 2 is 2.00 bits per heavy atom. The molecule has 92 valence electrons. The fourth-order valence-corrected chi connectivity index (χ4v) is 2.96. The molecule has 17 heavy (non-hydrogen) atoms. The van der Waals surface area contributed by atoms with Gasteiger partial charge in [0, 0.05) is 29.4 Å². The first-order valence-corrected chi connectivity index (χ1v) is 7.51. The number of rotatable bonds is 3. The van der Waals surface area contributed by atoms with Crippen LogP contribution in [0.2, 0.25) is 0 Å². The van der Waals surface area contributed by atoms with Crippen LogP contribution in [0.15, 0.2) is 24.3 Å². The first-order chi connectivity index (χ1) is 7.94. The molecule has 0 N–H and O–H groups in total. The number of sulfone groups is 1. The molecule has 1 aromatic carbocycles. The maximum absolute atomic E-state index is 11.7. The molecule has 2 aromatic rings. The van der Waals surface area contributed by atoms with Gasteiger partial charge in [-0.1, -0.05) is 19.1 Å². The summed E-state index contributed by atoms with van der Waals surface area (Å²) in [6.07, 6.45) is 0. The number of nitrogens with zero attached hydrogens (tertiary/aromatic N) is 1. The Balaban J connectivity index is 2.57. The minimum Gasteiger partial charge on any atom is -0.347 e. The van der Waals surface area contributed by atoms with E-state index in [1.54, 1.807) is 6.92 Å². The Morgan fingerprint density at radius 1 is 1.29 bits per heavy atom. The molecule has 0 aliphatic heterocycles. The van der Waals surface area contributed by atoms with Gasteiger partial charge in [0.05, 0.1) is 5.75 Å². The first kappa shape index (κ1) is 12.2. The van der Waals surface area contributed by atoms with Crippen LogP contribution >= 0.6 is 0 Å². The average molecular weight is 251 g/mol. The number of hydrogen-bond acceptors (Lipinski definition) is 2. The van der Waals surface area contributed by atoms with Crippen molar-refractivity contribution in [3.8, 4) is 0 Å². The van der Waals surface area contributed by atoms with E-state index in [1.807, 2.05) is 42.8 Å². The summed E-state index contributed by atoms with van der Waals surface area (Å²) in [4.78, 5) is 0. The second-order valence-electron chi connectivity index (χ2n) is 4.38. The maximum atomic E-state index is 11.7. The van der Waals surface area contributed by atoms with Crippen molar-refractivity contribution in [3.05, 3.63) is 35.5 Å². The predicted molar refractivity (Wildman–Crippen MR) is 70.8 cm³/mol. The van der Waals surface area contributed by atoms with Crippen LogP contribution in [-0.2, 0) is 22.6 Å². The van der Waals surface area contributed by atoms with Gasteiger partial charge in [-0.15, -0.1) is 0 Å². The van der Waals surface area contributed by atoms with Crippen molar-refractivity contribution in [1.82, 2.24) is 4.57 Å². The van der Waals surface area contributed by atoms with Crippen LogP contribution < -0.4 is 0 Å². The molecule has 0 amide bonds. The molecular weight excluding hydrogens is 234 g/mol. The monoisotopic (exact) mass is 251 g/mol. The van der Waals surface area contributed by atoms with E-state index in [4.69, 9.17) is 0 Å². The van der Waals surface area contributed by atoms with Gasteiger partial charge in [-0.3, -0.25) is 0 Å². The highest BCUT2D eigenvalue weighted by molar-refractivity contribution is 7.90. The summed E-state index contributed by atoms with van der Waals surface area (Å²) in [6.45, 7) is 3.73. The number of fused-ring (bicyclic) bond motifs is 1. The van der Waals surface area contributed by atoms with Gasteiger partial charge < -0.3 is 4.57 Å². The standard InChI is InChI=1S/C13H17NO2S/c1-4-17(15,16)9-11-8-12-10(2)6-5-7-13(12)14(11)3/h5-8H,4,9H2,1-3H3. The minimum atomic E-state index is -2.98. The molecule has 0 saturated carbocycles. The van der Waals surface area contributed by atoms with Gasteiger partial charge in [0.25, 0.3) is 0 Å². The van der Waals surface area contributed by atoms with Crippen molar-refractivity contribution >= 4 is 20.7 Å². The molecule has 0 aliphatic carbocycles. The number of benzene rings is 1. The molecule has 0 unspecified atom stereocenters.